The topological polar surface area (TPSA) is 37.3 Å². The molecule has 0 spiro atoms. The molecule has 0 bridgehead atoms. The summed E-state index contributed by atoms with van der Waals surface area (Å²) in [6, 6.07) is 13.9. The summed E-state index contributed by atoms with van der Waals surface area (Å²) < 4.78 is 15.3. The van der Waals surface area contributed by atoms with Crippen LogP contribution in [0.1, 0.15) is 0 Å². The van der Waals surface area contributed by atoms with Crippen LogP contribution >= 0.6 is 0 Å². The first-order valence-electron chi connectivity index (χ1n) is 5.96. The number of nitrogens with zero attached hydrogens (tertiary/aromatic N) is 1. The maximum Gasteiger partial charge on any atom is 0.272 e. The predicted molar refractivity (Wildman–Crippen MR) is 73.0 cm³/mol. The third-order valence-corrected chi connectivity index (χ3v) is 3.39. The Balaban J connectivity index is 2.42. The first-order valence-corrected chi connectivity index (χ1v) is 5.96. The fourth-order valence-corrected chi connectivity index (χ4v) is 2.56. The molecular weight excluding hydrogens is 243 g/mol. The molecular formula is C15H9FN2O. The molecule has 1 N–H and O–H groups in total. The molecule has 0 fully saturated rings. The van der Waals surface area contributed by atoms with Crippen LogP contribution in [0.2, 0.25) is 0 Å². The fraction of sp³-hybridized carbons (Fsp3) is 0. The van der Waals surface area contributed by atoms with E-state index in [0.717, 1.165) is 10.9 Å². The maximum atomic E-state index is 13.5. The Morgan fingerprint density at radius 3 is 2.68 bits per heavy atom. The van der Waals surface area contributed by atoms with Gasteiger partial charge in [-0.2, -0.15) is 0 Å². The van der Waals surface area contributed by atoms with Crippen LogP contribution in [-0.2, 0) is 0 Å². The molecule has 2 aromatic carbocycles. The predicted octanol–water partition coefficient (Wildman–Crippen LogP) is 3.07. The quantitative estimate of drug-likeness (QED) is 0.513. The van der Waals surface area contributed by atoms with Gasteiger partial charge in [0.2, 0.25) is 0 Å². The second kappa shape index (κ2) is 3.45. The van der Waals surface area contributed by atoms with Crippen molar-refractivity contribution in [2.24, 2.45) is 0 Å². The van der Waals surface area contributed by atoms with Crippen LogP contribution in [0.5, 0.6) is 0 Å². The summed E-state index contributed by atoms with van der Waals surface area (Å²) in [5.74, 6) is -0.321. The number of hydrogen-bond acceptors (Lipinski definition) is 1. The number of hydrogen-bond donors (Lipinski definition) is 1. The number of H-pyrrole nitrogens is 1. The number of benzene rings is 2. The Labute approximate surface area is 106 Å². The highest BCUT2D eigenvalue weighted by Gasteiger charge is 2.09. The van der Waals surface area contributed by atoms with Gasteiger partial charge in [-0.15, -0.1) is 0 Å². The monoisotopic (exact) mass is 252 g/mol. The summed E-state index contributed by atoms with van der Waals surface area (Å²) in [7, 11) is 0. The first-order chi connectivity index (χ1) is 9.24. The number of aromatic nitrogens is 2. The molecule has 19 heavy (non-hydrogen) atoms. The van der Waals surface area contributed by atoms with Gasteiger partial charge in [0, 0.05) is 11.5 Å². The van der Waals surface area contributed by atoms with Crippen LogP contribution in [0, 0.1) is 5.82 Å². The van der Waals surface area contributed by atoms with Gasteiger partial charge in [0.1, 0.15) is 11.3 Å². The smallest absolute Gasteiger partial charge is 0.272 e. The third-order valence-electron chi connectivity index (χ3n) is 3.39. The van der Waals surface area contributed by atoms with Gasteiger partial charge >= 0.3 is 0 Å². The molecule has 0 saturated carbocycles. The number of fused-ring (bicyclic) bond motifs is 5. The van der Waals surface area contributed by atoms with E-state index in [1.54, 1.807) is 10.5 Å². The highest BCUT2D eigenvalue weighted by Crippen LogP contribution is 2.22. The zero-order chi connectivity index (χ0) is 13.0. The van der Waals surface area contributed by atoms with Crippen LogP contribution in [0.4, 0.5) is 4.39 Å². The van der Waals surface area contributed by atoms with Crippen molar-refractivity contribution in [1.82, 2.24) is 9.38 Å². The van der Waals surface area contributed by atoms with Crippen molar-refractivity contribution >= 4 is 27.5 Å². The van der Waals surface area contributed by atoms with Crippen LogP contribution in [-0.4, -0.2) is 9.38 Å². The molecule has 0 aliphatic heterocycles. The van der Waals surface area contributed by atoms with E-state index >= 15 is 0 Å². The largest absolute Gasteiger partial charge is 0.319 e. The van der Waals surface area contributed by atoms with Gasteiger partial charge in [0.15, 0.2) is 0 Å². The molecule has 2 heterocycles. The third kappa shape index (κ3) is 1.34. The van der Waals surface area contributed by atoms with Crippen molar-refractivity contribution in [2.45, 2.75) is 0 Å². The number of nitrogens with one attached hydrogen (secondary N) is 1. The minimum Gasteiger partial charge on any atom is -0.319 e. The molecule has 0 radical (unpaired) electrons. The summed E-state index contributed by atoms with van der Waals surface area (Å²) in [4.78, 5) is 14.9. The molecule has 2 aromatic heterocycles. The lowest BCUT2D eigenvalue weighted by Gasteiger charge is -2.04. The van der Waals surface area contributed by atoms with Gasteiger partial charge < -0.3 is 9.38 Å². The molecule has 4 aromatic rings. The van der Waals surface area contributed by atoms with Crippen molar-refractivity contribution in [3.05, 3.63) is 64.7 Å². The standard InChI is InChI=1S/C15H9FN2O/c16-10-5-6-11-13(8-10)18-12-4-2-1-3-9(12)7-14(18)15(19)17-11/h1-8H,(H,17,19). The second-order valence-corrected chi connectivity index (χ2v) is 4.54. The minimum atomic E-state index is -0.321. The van der Waals surface area contributed by atoms with Crippen LogP contribution in [0.25, 0.3) is 27.5 Å². The van der Waals surface area contributed by atoms with E-state index in [2.05, 4.69) is 4.98 Å². The van der Waals surface area contributed by atoms with Crippen LogP contribution < -0.4 is 5.56 Å². The van der Waals surface area contributed by atoms with Crippen molar-refractivity contribution in [2.75, 3.05) is 0 Å². The van der Waals surface area contributed by atoms with Crippen molar-refractivity contribution in [3.63, 3.8) is 0 Å². The minimum absolute atomic E-state index is 0.171. The van der Waals surface area contributed by atoms with Gasteiger partial charge in [-0.1, -0.05) is 18.2 Å². The van der Waals surface area contributed by atoms with E-state index in [1.807, 2.05) is 30.3 Å². The molecule has 0 saturated heterocycles. The summed E-state index contributed by atoms with van der Waals surface area (Å²) in [5.41, 5.74) is 2.55. The zero-order valence-electron chi connectivity index (χ0n) is 9.85. The Hall–Kier alpha value is -2.62. The van der Waals surface area contributed by atoms with E-state index in [-0.39, 0.29) is 11.4 Å². The Bertz CT molecular complexity index is 997. The molecule has 0 aliphatic carbocycles. The molecule has 0 atom stereocenters. The van der Waals surface area contributed by atoms with Crippen LogP contribution in [0.15, 0.2) is 53.3 Å². The van der Waals surface area contributed by atoms with Crippen LogP contribution in [0.3, 0.4) is 0 Å². The summed E-state index contributed by atoms with van der Waals surface area (Å²) in [6.07, 6.45) is 0. The van der Waals surface area contributed by atoms with E-state index < -0.39 is 0 Å². The lowest BCUT2D eigenvalue weighted by molar-refractivity contribution is 0.629. The summed E-state index contributed by atoms with van der Waals surface area (Å²) in [5, 5.41) is 0.963. The van der Waals surface area contributed by atoms with Gasteiger partial charge in [-0.25, -0.2) is 4.39 Å². The lowest BCUT2D eigenvalue weighted by Crippen LogP contribution is -2.09. The molecule has 0 amide bonds. The molecule has 4 heteroatoms. The van der Waals surface area contributed by atoms with E-state index in [9.17, 15) is 9.18 Å². The van der Waals surface area contributed by atoms with Gasteiger partial charge in [-0.3, -0.25) is 4.79 Å². The van der Waals surface area contributed by atoms with Gasteiger partial charge in [0.05, 0.1) is 16.6 Å². The summed E-state index contributed by atoms with van der Waals surface area (Å²) >= 11 is 0. The number of halogens is 1. The van der Waals surface area contributed by atoms with Crippen molar-refractivity contribution < 1.29 is 4.39 Å². The first kappa shape index (κ1) is 10.3. The number of aromatic amines is 1. The zero-order valence-corrected chi connectivity index (χ0v) is 9.85. The second-order valence-electron chi connectivity index (χ2n) is 4.54. The molecule has 92 valence electrons. The number of rotatable bonds is 0. The SMILES string of the molecule is O=c1[nH]c2ccc(F)cc2n2c1cc1ccccc12. The Morgan fingerprint density at radius 2 is 1.79 bits per heavy atom. The van der Waals surface area contributed by atoms with E-state index in [4.69, 9.17) is 0 Å². The Morgan fingerprint density at radius 1 is 0.947 bits per heavy atom. The van der Waals surface area contributed by atoms with E-state index in [1.165, 1.54) is 12.1 Å². The van der Waals surface area contributed by atoms with Gasteiger partial charge in [0.25, 0.3) is 5.56 Å². The highest BCUT2D eigenvalue weighted by molar-refractivity contribution is 5.92. The molecule has 0 aliphatic rings. The normalized spacial score (nSPS) is 11.6. The number of para-hydroxylation sites is 1. The highest BCUT2D eigenvalue weighted by atomic mass is 19.1. The van der Waals surface area contributed by atoms with Gasteiger partial charge in [-0.05, 0) is 24.3 Å². The Kier molecular flexibility index (Phi) is 1.87. The van der Waals surface area contributed by atoms with Crippen molar-refractivity contribution in [1.29, 1.82) is 0 Å². The average molecular weight is 252 g/mol. The molecule has 0 unspecified atom stereocenters. The van der Waals surface area contributed by atoms with Crippen molar-refractivity contribution in [3.8, 4) is 0 Å². The lowest BCUT2D eigenvalue weighted by atomic mass is 10.2. The summed E-state index contributed by atoms with van der Waals surface area (Å²) in [6.45, 7) is 0. The van der Waals surface area contributed by atoms with E-state index in [0.29, 0.717) is 16.6 Å². The average Bonchev–Trinajstić information content (AvgIpc) is 2.80. The fourth-order valence-electron chi connectivity index (χ4n) is 2.56. The molecule has 3 nitrogen and oxygen atoms in total. The molecule has 4 rings (SSSR count). The maximum absolute atomic E-state index is 13.5.